The van der Waals surface area contributed by atoms with Gasteiger partial charge in [0.15, 0.2) is 0 Å². The van der Waals surface area contributed by atoms with Crippen molar-refractivity contribution in [3.63, 3.8) is 0 Å². The number of halogens is 1. The summed E-state index contributed by atoms with van der Waals surface area (Å²) < 4.78 is 24.0. The molecule has 2 rings (SSSR count). The molecule has 1 aromatic rings. The van der Waals surface area contributed by atoms with Gasteiger partial charge in [0.2, 0.25) is 0 Å². The molecule has 1 aromatic carbocycles. The van der Waals surface area contributed by atoms with Crippen LogP contribution in [0.2, 0.25) is 0 Å². The topological polar surface area (TPSA) is 38.7 Å². The Kier molecular flexibility index (Phi) is 4.71. The van der Waals surface area contributed by atoms with E-state index in [1.807, 2.05) is 0 Å². The smallest absolute Gasteiger partial charge is 0.138 e. The van der Waals surface area contributed by atoms with Gasteiger partial charge in [-0.3, -0.25) is 0 Å². The molecule has 0 spiro atoms. The lowest BCUT2D eigenvalue weighted by molar-refractivity contribution is -0.135. The van der Waals surface area contributed by atoms with Crippen LogP contribution in [0.15, 0.2) is 18.2 Å². The molecule has 0 saturated carbocycles. The largest absolute Gasteiger partial charge is 0.395 e. The summed E-state index contributed by atoms with van der Waals surface area (Å²) in [5.74, 6) is 5.06. The van der Waals surface area contributed by atoms with E-state index in [1.54, 1.807) is 12.1 Å². The van der Waals surface area contributed by atoms with Crippen molar-refractivity contribution in [2.45, 2.75) is 19.1 Å². The Bertz CT molecular complexity index is 458. The molecule has 0 atom stereocenters. The second-order valence-electron chi connectivity index (χ2n) is 4.06. The van der Waals surface area contributed by atoms with E-state index in [2.05, 4.69) is 11.8 Å². The normalized spacial score (nSPS) is 14.8. The predicted octanol–water partition coefficient (Wildman–Crippen LogP) is 1.48. The number of benzene rings is 1. The minimum absolute atomic E-state index is 0.0148. The number of aliphatic hydroxyl groups excluding tert-OH is 1. The van der Waals surface area contributed by atoms with Crippen molar-refractivity contribution in [3.8, 4) is 11.8 Å². The summed E-state index contributed by atoms with van der Waals surface area (Å²) in [6, 6.07) is 4.75. The van der Waals surface area contributed by atoms with Gasteiger partial charge in [0.05, 0.1) is 32.0 Å². The molecule has 1 aliphatic heterocycles. The first kappa shape index (κ1) is 13.0. The highest BCUT2D eigenvalue weighted by molar-refractivity contribution is 5.38. The molecule has 0 amide bonds. The van der Waals surface area contributed by atoms with Gasteiger partial charge >= 0.3 is 0 Å². The lowest BCUT2D eigenvalue weighted by atomic mass is 10.1. The minimum Gasteiger partial charge on any atom is -0.395 e. The fourth-order valence-electron chi connectivity index (χ4n) is 1.50. The maximum absolute atomic E-state index is 13.4. The Balaban J connectivity index is 1.98. The molecule has 3 nitrogen and oxygen atoms in total. The first-order valence-corrected chi connectivity index (χ1v) is 5.87. The zero-order valence-electron chi connectivity index (χ0n) is 9.99. The van der Waals surface area contributed by atoms with E-state index in [1.165, 1.54) is 6.07 Å². The van der Waals surface area contributed by atoms with E-state index < -0.39 is 0 Å². The van der Waals surface area contributed by atoms with Gasteiger partial charge in [0, 0.05) is 6.42 Å². The van der Waals surface area contributed by atoms with Crippen molar-refractivity contribution in [3.05, 3.63) is 35.1 Å². The van der Waals surface area contributed by atoms with Gasteiger partial charge < -0.3 is 14.6 Å². The van der Waals surface area contributed by atoms with E-state index >= 15 is 0 Å². The Hall–Kier alpha value is -1.41. The van der Waals surface area contributed by atoms with Gasteiger partial charge in [-0.15, -0.1) is 0 Å². The number of aliphatic hydroxyl groups is 1. The molecule has 4 heteroatoms. The zero-order chi connectivity index (χ0) is 12.8. The number of hydrogen-bond donors (Lipinski definition) is 1. The highest BCUT2D eigenvalue weighted by atomic mass is 19.1. The second kappa shape index (κ2) is 6.50. The van der Waals surface area contributed by atoms with Gasteiger partial charge in [-0.05, 0) is 17.7 Å². The van der Waals surface area contributed by atoms with Gasteiger partial charge in [0.1, 0.15) is 11.9 Å². The molecule has 0 unspecified atom stereocenters. The van der Waals surface area contributed by atoms with Crippen LogP contribution in [-0.2, 0) is 16.1 Å². The van der Waals surface area contributed by atoms with Crippen molar-refractivity contribution in [1.29, 1.82) is 0 Å². The number of hydrogen-bond acceptors (Lipinski definition) is 3. The molecule has 0 aromatic heterocycles. The summed E-state index contributed by atoms with van der Waals surface area (Å²) in [4.78, 5) is 0. The molecule has 1 N–H and O–H groups in total. The molecule has 0 aliphatic carbocycles. The minimum atomic E-state index is -0.351. The first-order valence-electron chi connectivity index (χ1n) is 5.87. The van der Waals surface area contributed by atoms with Crippen LogP contribution in [-0.4, -0.2) is 31.0 Å². The molecular formula is C14H15FO3. The molecule has 0 bridgehead atoms. The van der Waals surface area contributed by atoms with Gasteiger partial charge in [-0.2, -0.15) is 0 Å². The number of rotatable bonds is 4. The molecule has 1 saturated heterocycles. The molecule has 1 aliphatic rings. The lowest BCUT2D eigenvalue weighted by Crippen LogP contribution is -2.35. The van der Waals surface area contributed by atoms with Gasteiger partial charge in [0.25, 0.3) is 0 Å². The van der Waals surface area contributed by atoms with Crippen LogP contribution >= 0.6 is 0 Å². The highest BCUT2D eigenvalue weighted by Gasteiger charge is 2.18. The fourth-order valence-corrected chi connectivity index (χ4v) is 1.50. The van der Waals surface area contributed by atoms with E-state index in [0.29, 0.717) is 31.8 Å². The summed E-state index contributed by atoms with van der Waals surface area (Å²) in [6.07, 6.45) is 0.499. The van der Waals surface area contributed by atoms with E-state index in [-0.39, 0.29) is 18.5 Å². The van der Waals surface area contributed by atoms with Crippen molar-refractivity contribution in [1.82, 2.24) is 0 Å². The summed E-state index contributed by atoms with van der Waals surface area (Å²) in [6.45, 7) is 1.68. The van der Waals surface area contributed by atoms with E-state index in [0.717, 1.165) is 5.56 Å². The molecular weight excluding hydrogens is 235 g/mol. The predicted molar refractivity (Wildman–Crippen MR) is 64.4 cm³/mol. The standard InChI is InChI=1S/C14H15FO3/c15-14-5-4-11(8-18-13-9-17-10-13)7-12(14)3-1-2-6-16/h4-5,7,13,16H,2,6,8-10H2. The summed E-state index contributed by atoms with van der Waals surface area (Å²) in [7, 11) is 0. The summed E-state index contributed by atoms with van der Waals surface area (Å²) >= 11 is 0. The maximum Gasteiger partial charge on any atom is 0.138 e. The van der Waals surface area contributed by atoms with E-state index in [9.17, 15) is 4.39 Å². The fraction of sp³-hybridized carbons (Fsp3) is 0.429. The lowest BCUT2D eigenvalue weighted by Gasteiger charge is -2.25. The Labute approximate surface area is 106 Å². The van der Waals surface area contributed by atoms with Crippen molar-refractivity contribution in [2.24, 2.45) is 0 Å². The average Bonchev–Trinajstić information content (AvgIpc) is 2.31. The maximum atomic E-state index is 13.4. The third kappa shape index (κ3) is 3.54. The van der Waals surface area contributed by atoms with Crippen LogP contribution in [0, 0.1) is 17.7 Å². The molecule has 0 radical (unpaired) electrons. The Morgan fingerprint density at radius 1 is 1.44 bits per heavy atom. The van der Waals surface area contributed by atoms with Crippen LogP contribution < -0.4 is 0 Å². The Morgan fingerprint density at radius 3 is 2.94 bits per heavy atom. The average molecular weight is 250 g/mol. The van der Waals surface area contributed by atoms with E-state index in [4.69, 9.17) is 14.6 Å². The van der Waals surface area contributed by atoms with Crippen LogP contribution in [0.5, 0.6) is 0 Å². The quantitative estimate of drug-likeness (QED) is 0.823. The molecule has 1 heterocycles. The van der Waals surface area contributed by atoms with Gasteiger partial charge in [-0.25, -0.2) is 4.39 Å². The highest BCUT2D eigenvalue weighted by Crippen LogP contribution is 2.13. The van der Waals surface area contributed by atoms with Crippen molar-refractivity contribution in [2.75, 3.05) is 19.8 Å². The monoisotopic (exact) mass is 250 g/mol. The summed E-state index contributed by atoms with van der Waals surface area (Å²) in [5, 5.41) is 8.62. The van der Waals surface area contributed by atoms with Crippen LogP contribution in [0.25, 0.3) is 0 Å². The SMILES string of the molecule is OCCC#Cc1cc(COC2COC2)ccc1F. The number of ether oxygens (including phenoxy) is 2. The zero-order valence-corrected chi connectivity index (χ0v) is 9.99. The van der Waals surface area contributed by atoms with Crippen LogP contribution in [0.4, 0.5) is 4.39 Å². The Morgan fingerprint density at radius 2 is 2.28 bits per heavy atom. The third-order valence-electron chi connectivity index (χ3n) is 2.58. The third-order valence-corrected chi connectivity index (χ3v) is 2.58. The molecule has 1 fully saturated rings. The summed E-state index contributed by atoms with van der Waals surface area (Å²) in [5.41, 5.74) is 1.23. The second-order valence-corrected chi connectivity index (χ2v) is 4.06. The van der Waals surface area contributed by atoms with Gasteiger partial charge in [-0.1, -0.05) is 17.9 Å². The van der Waals surface area contributed by atoms with Crippen molar-refractivity contribution >= 4 is 0 Å². The van der Waals surface area contributed by atoms with Crippen LogP contribution in [0.1, 0.15) is 17.5 Å². The van der Waals surface area contributed by atoms with Crippen LogP contribution in [0.3, 0.4) is 0 Å². The molecule has 96 valence electrons. The molecule has 18 heavy (non-hydrogen) atoms. The first-order chi connectivity index (χ1) is 8.79. The van der Waals surface area contributed by atoms with Crippen molar-refractivity contribution < 1.29 is 19.0 Å².